The summed E-state index contributed by atoms with van der Waals surface area (Å²) >= 11 is 1.25. The Morgan fingerprint density at radius 3 is 2.67 bits per heavy atom. The van der Waals surface area contributed by atoms with Gasteiger partial charge in [0, 0.05) is 23.7 Å². The van der Waals surface area contributed by atoms with Crippen LogP contribution < -0.4 is 10.9 Å². The number of aryl methyl sites for hydroxylation is 1. The standard InChI is InChI=1S/C18H23N3O2S/c1-4-12(2)19-16(22)11-24-18-20-13(3)15(17(23)21-18)10-14-8-6-5-7-9-14/h5-9,12H,4,10-11H2,1-3H3,(H,19,22)(H,20,21,23). The van der Waals surface area contributed by atoms with Crippen LogP contribution in [-0.2, 0) is 11.2 Å². The molecule has 0 aliphatic rings. The van der Waals surface area contributed by atoms with E-state index >= 15 is 0 Å². The van der Waals surface area contributed by atoms with Crippen LogP contribution >= 0.6 is 11.8 Å². The van der Waals surface area contributed by atoms with Crippen LogP contribution in [0.2, 0.25) is 0 Å². The minimum atomic E-state index is -0.142. The fraction of sp³-hybridized carbons (Fsp3) is 0.389. The molecule has 2 rings (SSSR count). The van der Waals surface area contributed by atoms with Gasteiger partial charge in [0.25, 0.3) is 5.56 Å². The molecule has 0 fully saturated rings. The van der Waals surface area contributed by atoms with Gasteiger partial charge in [-0.25, -0.2) is 4.98 Å². The molecule has 6 heteroatoms. The molecule has 0 bridgehead atoms. The van der Waals surface area contributed by atoms with Gasteiger partial charge in [0.15, 0.2) is 5.16 Å². The SMILES string of the molecule is CCC(C)NC(=O)CSc1nc(C)c(Cc2ccccc2)c(=O)[nH]1. The summed E-state index contributed by atoms with van der Waals surface area (Å²) in [6.07, 6.45) is 1.44. The molecule has 2 aromatic rings. The summed E-state index contributed by atoms with van der Waals surface area (Å²) in [5.74, 6) is 0.188. The van der Waals surface area contributed by atoms with E-state index in [1.807, 2.05) is 51.1 Å². The van der Waals surface area contributed by atoms with E-state index in [1.165, 1.54) is 11.8 Å². The Bertz CT molecular complexity index is 744. The van der Waals surface area contributed by atoms with Gasteiger partial charge in [0.2, 0.25) is 5.91 Å². The van der Waals surface area contributed by atoms with E-state index in [0.717, 1.165) is 12.0 Å². The third-order valence-corrected chi connectivity index (χ3v) is 4.66. The topological polar surface area (TPSA) is 74.8 Å². The predicted molar refractivity (Wildman–Crippen MR) is 97.5 cm³/mol. The molecule has 5 nitrogen and oxygen atoms in total. The summed E-state index contributed by atoms with van der Waals surface area (Å²) in [5.41, 5.74) is 2.29. The van der Waals surface area contributed by atoms with E-state index in [-0.39, 0.29) is 23.3 Å². The average molecular weight is 345 g/mol. The number of aromatic amines is 1. The Morgan fingerprint density at radius 1 is 1.33 bits per heavy atom. The maximum atomic E-state index is 12.3. The molecule has 1 aromatic carbocycles. The number of rotatable bonds is 7. The third kappa shape index (κ3) is 5.23. The van der Waals surface area contributed by atoms with Crippen LogP contribution in [0.3, 0.4) is 0 Å². The van der Waals surface area contributed by atoms with Gasteiger partial charge in [-0.1, -0.05) is 49.0 Å². The lowest BCUT2D eigenvalue weighted by molar-refractivity contribution is -0.119. The van der Waals surface area contributed by atoms with Crippen LogP contribution in [0, 0.1) is 6.92 Å². The van der Waals surface area contributed by atoms with Crippen molar-refractivity contribution in [2.75, 3.05) is 5.75 Å². The molecule has 0 aliphatic carbocycles. The van der Waals surface area contributed by atoms with Gasteiger partial charge in [-0.2, -0.15) is 0 Å². The second kappa shape index (κ2) is 8.68. The highest BCUT2D eigenvalue weighted by molar-refractivity contribution is 7.99. The molecular weight excluding hydrogens is 322 g/mol. The molecule has 1 heterocycles. The zero-order valence-corrected chi connectivity index (χ0v) is 15.1. The predicted octanol–water partition coefficient (Wildman–Crippen LogP) is 2.68. The first-order valence-corrected chi connectivity index (χ1v) is 9.04. The smallest absolute Gasteiger partial charge is 0.255 e. The lowest BCUT2D eigenvalue weighted by atomic mass is 10.1. The molecule has 0 spiro atoms. The number of thioether (sulfide) groups is 1. The zero-order valence-electron chi connectivity index (χ0n) is 14.3. The minimum absolute atomic E-state index is 0.0528. The molecular formula is C18H23N3O2S. The molecule has 128 valence electrons. The lowest BCUT2D eigenvalue weighted by Gasteiger charge is -2.11. The van der Waals surface area contributed by atoms with Crippen molar-refractivity contribution in [2.24, 2.45) is 0 Å². The molecule has 24 heavy (non-hydrogen) atoms. The molecule has 1 unspecified atom stereocenters. The number of hydrogen-bond acceptors (Lipinski definition) is 4. The summed E-state index contributed by atoms with van der Waals surface area (Å²) < 4.78 is 0. The molecule has 1 amide bonds. The second-order valence-corrected chi connectivity index (χ2v) is 6.73. The zero-order chi connectivity index (χ0) is 17.5. The molecule has 1 atom stereocenters. The largest absolute Gasteiger partial charge is 0.353 e. The Balaban J connectivity index is 2.04. The molecule has 0 saturated heterocycles. The van der Waals surface area contributed by atoms with Gasteiger partial charge in [0.05, 0.1) is 5.75 Å². The van der Waals surface area contributed by atoms with Crippen molar-refractivity contribution in [3.8, 4) is 0 Å². The van der Waals surface area contributed by atoms with Gasteiger partial charge in [0.1, 0.15) is 0 Å². The van der Waals surface area contributed by atoms with Crippen LogP contribution in [0.5, 0.6) is 0 Å². The normalized spacial score (nSPS) is 12.0. The summed E-state index contributed by atoms with van der Waals surface area (Å²) in [4.78, 5) is 31.3. The van der Waals surface area contributed by atoms with Crippen molar-refractivity contribution < 1.29 is 4.79 Å². The van der Waals surface area contributed by atoms with E-state index in [9.17, 15) is 9.59 Å². The van der Waals surface area contributed by atoms with Crippen molar-refractivity contribution in [1.82, 2.24) is 15.3 Å². The third-order valence-electron chi connectivity index (χ3n) is 3.78. The average Bonchev–Trinajstić information content (AvgIpc) is 2.57. The molecule has 0 aliphatic heterocycles. The van der Waals surface area contributed by atoms with E-state index in [4.69, 9.17) is 0 Å². The Hall–Kier alpha value is -2.08. The summed E-state index contributed by atoms with van der Waals surface area (Å²) in [7, 11) is 0. The highest BCUT2D eigenvalue weighted by Gasteiger charge is 2.11. The maximum Gasteiger partial charge on any atom is 0.255 e. The number of amides is 1. The number of hydrogen-bond donors (Lipinski definition) is 2. The van der Waals surface area contributed by atoms with Crippen LogP contribution in [0.4, 0.5) is 0 Å². The van der Waals surface area contributed by atoms with E-state index in [0.29, 0.717) is 22.8 Å². The number of aromatic nitrogens is 2. The van der Waals surface area contributed by atoms with E-state index < -0.39 is 0 Å². The lowest BCUT2D eigenvalue weighted by Crippen LogP contribution is -2.33. The fourth-order valence-electron chi connectivity index (χ4n) is 2.21. The van der Waals surface area contributed by atoms with E-state index in [1.54, 1.807) is 0 Å². The Kier molecular flexibility index (Phi) is 6.61. The molecule has 0 saturated carbocycles. The first-order valence-electron chi connectivity index (χ1n) is 8.05. The number of nitrogens with one attached hydrogen (secondary N) is 2. The molecule has 0 radical (unpaired) electrons. The van der Waals surface area contributed by atoms with Gasteiger partial charge in [-0.3, -0.25) is 9.59 Å². The van der Waals surface area contributed by atoms with Crippen LogP contribution in [-0.4, -0.2) is 27.7 Å². The van der Waals surface area contributed by atoms with Crippen LogP contribution in [0.25, 0.3) is 0 Å². The molecule has 1 aromatic heterocycles. The van der Waals surface area contributed by atoms with Crippen LogP contribution in [0.15, 0.2) is 40.3 Å². The highest BCUT2D eigenvalue weighted by Crippen LogP contribution is 2.14. The number of carbonyl (C=O) groups is 1. The maximum absolute atomic E-state index is 12.3. The van der Waals surface area contributed by atoms with Crippen molar-refractivity contribution in [1.29, 1.82) is 0 Å². The van der Waals surface area contributed by atoms with Crippen LogP contribution in [0.1, 0.15) is 37.1 Å². The number of nitrogens with zero attached hydrogens (tertiary/aromatic N) is 1. The van der Waals surface area contributed by atoms with Gasteiger partial charge in [-0.05, 0) is 25.8 Å². The Labute approximate surface area is 146 Å². The quantitative estimate of drug-likeness (QED) is 0.598. The van der Waals surface area contributed by atoms with Gasteiger partial charge in [-0.15, -0.1) is 0 Å². The second-order valence-electron chi connectivity index (χ2n) is 5.76. The monoisotopic (exact) mass is 345 g/mol. The first kappa shape index (κ1) is 18.3. The van der Waals surface area contributed by atoms with Gasteiger partial charge >= 0.3 is 0 Å². The van der Waals surface area contributed by atoms with Crippen molar-refractivity contribution in [3.05, 3.63) is 57.5 Å². The number of benzene rings is 1. The number of carbonyl (C=O) groups excluding carboxylic acids is 1. The first-order chi connectivity index (χ1) is 11.5. The molecule has 2 N–H and O–H groups in total. The van der Waals surface area contributed by atoms with Gasteiger partial charge < -0.3 is 10.3 Å². The fourth-order valence-corrected chi connectivity index (χ4v) is 2.93. The summed E-state index contributed by atoms with van der Waals surface area (Å²) in [6.45, 7) is 5.81. The number of H-pyrrole nitrogens is 1. The summed E-state index contributed by atoms with van der Waals surface area (Å²) in [5, 5.41) is 3.37. The van der Waals surface area contributed by atoms with Crippen molar-refractivity contribution >= 4 is 17.7 Å². The van der Waals surface area contributed by atoms with E-state index in [2.05, 4.69) is 15.3 Å². The highest BCUT2D eigenvalue weighted by atomic mass is 32.2. The summed E-state index contributed by atoms with van der Waals surface area (Å²) in [6, 6.07) is 9.98. The van der Waals surface area contributed by atoms with Crippen molar-refractivity contribution in [3.63, 3.8) is 0 Å². The van der Waals surface area contributed by atoms with Crippen molar-refractivity contribution in [2.45, 2.75) is 44.8 Å². The minimum Gasteiger partial charge on any atom is -0.353 e. The Morgan fingerprint density at radius 2 is 2.04 bits per heavy atom.